The summed E-state index contributed by atoms with van der Waals surface area (Å²) in [6.45, 7) is 6.35. The van der Waals surface area contributed by atoms with Gasteiger partial charge in [-0.15, -0.1) is 0 Å². The van der Waals surface area contributed by atoms with Crippen LogP contribution in [0, 0.1) is 5.82 Å². The second-order valence-corrected chi connectivity index (χ2v) is 6.74. The van der Waals surface area contributed by atoms with Gasteiger partial charge < -0.3 is 26.0 Å². The molecule has 2 aromatic heterocycles. The van der Waals surface area contributed by atoms with Gasteiger partial charge in [-0.25, -0.2) is 9.37 Å². The maximum absolute atomic E-state index is 13.5. The zero-order valence-corrected chi connectivity index (χ0v) is 15.6. The van der Waals surface area contributed by atoms with E-state index >= 15 is 0 Å². The highest BCUT2D eigenvalue weighted by atomic mass is 19.1. The minimum Gasteiger partial charge on any atom is -0.398 e. The van der Waals surface area contributed by atoms with Crippen LogP contribution in [-0.4, -0.2) is 37.3 Å². The van der Waals surface area contributed by atoms with Crippen molar-refractivity contribution in [1.82, 2.24) is 19.5 Å². The molecule has 3 rings (SSSR count). The number of fused-ring (bicyclic) bond motifs is 1. The fraction of sp³-hybridized carbons (Fsp3) is 0.389. The molecular formula is C18H24FN7O. The Balaban J connectivity index is 1.95. The molecular weight excluding hydrogens is 349 g/mol. The van der Waals surface area contributed by atoms with Crippen molar-refractivity contribution in [2.75, 3.05) is 22.9 Å². The maximum atomic E-state index is 13.5. The largest absolute Gasteiger partial charge is 0.398 e. The number of nitrogens with one attached hydrogen (secondary N) is 2. The second kappa shape index (κ2) is 7.75. The van der Waals surface area contributed by atoms with Crippen LogP contribution in [0.25, 0.3) is 11.2 Å². The van der Waals surface area contributed by atoms with Gasteiger partial charge in [0.25, 0.3) is 0 Å². The Hall–Kier alpha value is -2.94. The lowest BCUT2D eigenvalue weighted by molar-refractivity contribution is 0.208. The lowest BCUT2D eigenvalue weighted by Crippen LogP contribution is -2.18. The van der Waals surface area contributed by atoms with Crippen molar-refractivity contribution in [3.63, 3.8) is 0 Å². The van der Waals surface area contributed by atoms with E-state index < -0.39 is 6.10 Å². The molecule has 0 amide bonds. The van der Waals surface area contributed by atoms with Gasteiger partial charge in [-0.3, -0.25) is 0 Å². The molecule has 0 radical (unpaired) electrons. The number of imidazole rings is 1. The van der Waals surface area contributed by atoms with E-state index in [4.69, 9.17) is 5.73 Å². The lowest BCUT2D eigenvalue weighted by Gasteiger charge is -2.13. The molecule has 5 N–H and O–H groups in total. The number of rotatable bonds is 7. The van der Waals surface area contributed by atoms with Crippen LogP contribution < -0.4 is 16.4 Å². The van der Waals surface area contributed by atoms with Crippen LogP contribution in [0.3, 0.4) is 0 Å². The fourth-order valence-electron chi connectivity index (χ4n) is 2.64. The summed E-state index contributed by atoms with van der Waals surface area (Å²) in [6, 6.07) is 4.41. The molecule has 9 heteroatoms. The van der Waals surface area contributed by atoms with Crippen LogP contribution in [0.5, 0.6) is 0 Å². The topological polar surface area (TPSA) is 114 Å². The second-order valence-electron chi connectivity index (χ2n) is 6.74. The summed E-state index contributed by atoms with van der Waals surface area (Å²) in [5.41, 5.74) is 8.33. The number of halogens is 1. The number of aliphatic hydroxyl groups excluding tert-OH is 1. The molecule has 0 fully saturated rings. The molecule has 0 spiro atoms. The van der Waals surface area contributed by atoms with E-state index in [0.29, 0.717) is 47.3 Å². The lowest BCUT2D eigenvalue weighted by atomic mass is 10.2. The average molecular weight is 373 g/mol. The van der Waals surface area contributed by atoms with Crippen LogP contribution in [0.1, 0.15) is 32.4 Å². The molecule has 3 aromatic rings. The zero-order valence-electron chi connectivity index (χ0n) is 15.6. The smallest absolute Gasteiger partial charge is 0.226 e. The number of hydrogen-bond donors (Lipinski definition) is 4. The molecule has 8 nitrogen and oxygen atoms in total. The van der Waals surface area contributed by atoms with Gasteiger partial charge in [0.1, 0.15) is 5.82 Å². The third kappa shape index (κ3) is 4.25. The van der Waals surface area contributed by atoms with Gasteiger partial charge in [-0.2, -0.15) is 9.97 Å². The third-order valence-electron chi connectivity index (χ3n) is 4.08. The van der Waals surface area contributed by atoms with E-state index in [0.717, 1.165) is 0 Å². The summed E-state index contributed by atoms with van der Waals surface area (Å²) >= 11 is 0. The number of nitrogen functional groups attached to an aromatic ring is 1. The van der Waals surface area contributed by atoms with Crippen molar-refractivity contribution < 1.29 is 9.50 Å². The Kier molecular flexibility index (Phi) is 5.41. The molecule has 1 aromatic carbocycles. The van der Waals surface area contributed by atoms with Crippen molar-refractivity contribution >= 4 is 28.6 Å². The van der Waals surface area contributed by atoms with E-state index in [1.165, 1.54) is 18.2 Å². The van der Waals surface area contributed by atoms with Crippen molar-refractivity contribution in [3.8, 4) is 0 Å². The average Bonchev–Trinajstić information content (AvgIpc) is 3.04. The first-order valence-corrected chi connectivity index (χ1v) is 8.79. The Morgan fingerprint density at radius 1 is 1.22 bits per heavy atom. The normalized spacial score (nSPS) is 12.5. The Labute approximate surface area is 156 Å². The first-order valence-electron chi connectivity index (χ1n) is 8.79. The van der Waals surface area contributed by atoms with E-state index in [1.54, 1.807) is 13.3 Å². The molecule has 1 unspecified atom stereocenters. The van der Waals surface area contributed by atoms with Crippen LogP contribution in [-0.2, 0) is 6.54 Å². The molecule has 0 saturated carbocycles. The fourth-order valence-corrected chi connectivity index (χ4v) is 2.64. The summed E-state index contributed by atoms with van der Waals surface area (Å²) in [5.74, 6) is 0.536. The molecule has 0 bridgehead atoms. The molecule has 27 heavy (non-hydrogen) atoms. The van der Waals surface area contributed by atoms with E-state index in [9.17, 15) is 9.50 Å². The molecule has 1 atom stereocenters. The monoisotopic (exact) mass is 373 g/mol. The number of nitrogens with two attached hydrogens (primary N) is 1. The summed E-state index contributed by atoms with van der Waals surface area (Å²) in [6.07, 6.45) is 1.17. The summed E-state index contributed by atoms with van der Waals surface area (Å²) < 4.78 is 15.4. The van der Waals surface area contributed by atoms with Crippen molar-refractivity contribution in [2.24, 2.45) is 0 Å². The van der Waals surface area contributed by atoms with Crippen LogP contribution >= 0.6 is 0 Å². The Morgan fingerprint density at radius 3 is 2.70 bits per heavy atom. The van der Waals surface area contributed by atoms with E-state index in [-0.39, 0.29) is 11.9 Å². The molecule has 144 valence electrons. The van der Waals surface area contributed by atoms with Crippen molar-refractivity contribution in [1.29, 1.82) is 0 Å². The highest BCUT2D eigenvalue weighted by molar-refractivity contribution is 5.84. The van der Waals surface area contributed by atoms with Gasteiger partial charge >= 0.3 is 0 Å². The van der Waals surface area contributed by atoms with E-state index in [1.807, 2.05) is 18.4 Å². The highest BCUT2D eigenvalue weighted by Gasteiger charge is 2.15. The summed E-state index contributed by atoms with van der Waals surface area (Å²) in [7, 11) is 0. The van der Waals surface area contributed by atoms with Crippen LogP contribution in [0.4, 0.5) is 21.8 Å². The SMILES string of the molecule is CC(O)CNc1nc(NCc2cc(F)ccc2N)c2ncn(C(C)C)c2n1. The predicted octanol–water partition coefficient (Wildman–Crippen LogP) is 2.53. The highest BCUT2D eigenvalue weighted by Crippen LogP contribution is 2.24. The quantitative estimate of drug-likeness (QED) is 0.471. The van der Waals surface area contributed by atoms with Crippen molar-refractivity contribution in [3.05, 3.63) is 35.9 Å². The number of aliphatic hydroxyl groups is 1. The van der Waals surface area contributed by atoms with E-state index in [2.05, 4.69) is 25.6 Å². The van der Waals surface area contributed by atoms with Crippen molar-refractivity contribution in [2.45, 2.75) is 39.5 Å². The first-order chi connectivity index (χ1) is 12.8. The summed E-state index contributed by atoms with van der Waals surface area (Å²) in [5, 5.41) is 15.7. The number of nitrogens with zero attached hydrogens (tertiary/aromatic N) is 4. The Morgan fingerprint density at radius 2 is 2.00 bits per heavy atom. The van der Waals surface area contributed by atoms with Gasteiger partial charge in [0.2, 0.25) is 5.95 Å². The predicted molar refractivity (Wildman–Crippen MR) is 104 cm³/mol. The zero-order chi connectivity index (χ0) is 19.6. The third-order valence-corrected chi connectivity index (χ3v) is 4.08. The number of aromatic nitrogens is 4. The Bertz CT molecular complexity index is 939. The summed E-state index contributed by atoms with van der Waals surface area (Å²) in [4.78, 5) is 13.4. The molecule has 0 aliphatic heterocycles. The van der Waals surface area contributed by atoms with Gasteiger partial charge in [-0.1, -0.05) is 0 Å². The maximum Gasteiger partial charge on any atom is 0.226 e. The minimum atomic E-state index is -0.539. The van der Waals surface area contributed by atoms with Crippen LogP contribution in [0.15, 0.2) is 24.5 Å². The number of hydrogen-bond acceptors (Lipinski definition) is 7. The standard InChI is InChI=1S/C18H24FN7O/c1-10(2)26-9-23-15-16(21-8-12-6-13(19)4-5-14(12)20)24-18(25-17(15)26)22-7-11(3)27/h4-6,9-11,27H,7-8,20H2,1-3H3,(H2,21,22,24,25). The van der Waals surface area contributed by atoms with Crippen LogP contribution in [0.2, 0.25) is 0 Å². The van der Waals surface area contributed by atoms with Gasteiger partial charge in [0.05, 0.1) is 12.4 Å². The van der Waals surface area contributed by atoms with Gasteiger partial charge in [0, 0.05) is 24.8 Å². The molecule has 0 aliphatic rings. The van der Waals surface area contributed by atoms with Gasteiger partial charge in [-0.05, 0) is 44.5 Å². The minimum absolute atomic E-state index is 0.168. The molecule has 2 heterocycles. The molecule has 0 saturated heterocycles. The molecule has 0 aliphatic carbocycles. The number of benzene rings is 1. The first kappa shape index (κ1) is 18.8. The number of anilines is 3. The van der Waals surface area contributed by atoms with Gasteiger partial charge in [0.15, 0.2) is 17.0 Å².